The molecule has 0 aliphatic carbocycles. The highest BCUT2D eigenvalue weighted by atomic mass is 16.1. The Bertz CT molecular complexity index is 976. The second-order valence-electron chi connectivity index (χ2n) is 7.05. The number of carbonyl (C=O) groups is 1. The molecule has 28 heavy (non-hydrogen) atoms. The van der Waals surface area contributed by atoms with Crippen LogP contribution in [0, 0.1) is 19.8 Å². The normalized spacial score (nSPS) is 14.9. The topological polar surface area (TPSA) is 88.8 Å². The number of hydrogen-bond acceptors (Lipinski definition) is 6. The standard InChI is InChI=1S/C20H23N7O/c1-14-3-6-22-17(11-14)25-20(28)16-4-8-26(9-5-16)18-12-19(24-13-23-18)27-10-7-21-15(27)2/h3,6-7,10-13,16H,4-5,8-9H2,1-2H3,(H,22,25,28). The zero-order valence-electron chi connectivity index (χ0n) is 16.0. The summed E-state index contributed by atoms with van der Waals surface area (Å²) < 4.78 is 1.93. The van der Waals surface area contributed by atoms with E-state index in [-0.39, 0.29) is 11.8 Å². The molecule has 0 aromatic carbocycles. The number of hydrogen-bond donors (Lipinski definition) is 1. The van der Waals surface area contributed by atoms with Crippen LogP contribution < -0.4 is 10.2 Å². The van der Waals surface area contributed by atoms with E-state index in [0.29, 0.717) is 5.82 Å². The van der Waals surface area contributed by atoms with Crippen molar-refractivity contribution in [2.24, 2.45) is 5.92 Å². The SMILES string of the molecule is Cc1ccnc(NC(=O)C2CCN(c3cc(-n4ccnc4C)ncn3)CC2)c1. The predicted molar refractivity (Wildman–Crippen MR) is 106 cm³/mol. The van der Waals surface area contributed by atoms with E-state index in [4.69, 9.17) is 0 Å². The maximum Gasteiger partial charge on any atom is 0.228 e. The first kappa shape index (κ1) is 18.1. The van der Waals surface area contributed by atoms with Gasteiger partial charge in [0, 0.05) is 43.7 Å². The van der Waals surface area contributed by atoms with Crippen LogP contribution in [0.5, 0.6) is 0 Å². The summed E-state index contributed by atoms with van der Waals surface area (Å²) in [5.41, 5.74) is 1.08. The molecule has 3 aromatic rings. The summed E-state index contributed by atoms with van der Waals surface area (Å²) >= 11 is 0. The van der Waals surface area contributed by atoms with Crippen LogP contribution in [0.25, 0.3) is 5.82 Å². The second-order valence-corrected chi connectivity index (χ2v) is 7.05. The smallest absolute Gasteiger partial charge is 0.228 e. The van der Waals surface area contributed by atoms with Crippen LogP contribution in [0.1, 0.15) is 24.2 Å². The van der Waals surface area contributed by atoms with Crippen LogP contribution in [0.3, 0.4) is 0 Å². The number of imidazole rings is 1. The molecule has 1 fully saturated rings. The van der Waals surface area contributed by atoms with Gasteiger partial charge in [0.25, 0.3) is 0 Å². The molecule has 144 valence electrons. The fraction of sp³-hybridized carbons (Fsp3) is 0.350. The number of anilines is 2. The van der Waals surface area contributed by atoms with Gasteiger partial charge in [-0.3, -0.25) is 9.36 Å². The van der Waals surface area contributed by atoms with Gasteiger partial charge in [-0.15, -0.1) is 0 Å². The van der Waals surface area contributed by atoms with E-state index in [1.165, 1.54) is 0 Å². The molecule has 4 rings (SSSR count). The zero-order valence-corrected chi connectivity index (χ0v) is 16.0. The molecule has 8 heteroatoms. The lowest BCUT2D eigenvalue weighted by Crippen LogP contribution is -2.38. The number of amides is 1. The maximum atomic E-state index is 12.6. The van der Waals surface area contributed by atoms with Gasteiger partial charge in [0.05, 0.1) is 0 Å². The molecule has 1 amide bonds. The molecule has 8 nitrogen and oxygen atoms in total. The number of nitrogens with zero attached hydrogens (tertiary/aromatic N) is 6. The molecular formula is C20H23N7O. The molecule has 1 aliphatic heterocycles. The first-order valence-corrected chi connectivity index (χ1v) is 9.41. The fourth-order valence-corrected chi connectivity index (χ4v) is 3.47. The minimum Gasteiger partial charge on any atom is -0.356 e. The van der Waals surface area contributed by atoms with Crippen molar-refractivity contribution in [2.75, 3.05) is 23.3 Å². The number of aryl methyl sites for hydroxylation is 2. The molecule has 0 atom stereocenters. The van der Waals surface area contributed by atoms with Crippen molar-refractivity contribution < 1.29 is 4.79 Å². The highest BCUT2D eigenvalue weighted by Gasteiger charge is 2.26. The van der Waals surface area contributed by atoms with Gasteiger partial charge in [-0.25, -0.2) is 19.9 Å². The largest absolute Gasteiger partial charge is 0.356 e. The molecule has 0 spiro atoms. The molecule has 1 N–H and O–H groups in total. The van der Waals surface area contributed by atoms with Crippen LogP contribution in [0.4, 0.5) is 11.6 Å². The van der Waals surface area contributed by atoms with Crippen molar-refractivity contribution in [3.05, 3.63) is 54.5 Å². The Balaban J connectivity index is 1.39. The zero-order chi connectivity index (χ0) is 19.5. The quantitative estimate of drug-likeness (QED) is 0.752. The third kappa shape index (κ3) is 3.85. The minimum atomic E-state index is -0.0178. The van der Waals surface area contributed by atoms with Crippen LogP contribution in [0.2, 0.25) is 0 Å². The van der Waals surface area contributed by atoms with E-state index in [9.17, 15) is 4.79 Å². The predicted octanol–water partition coefficient (Wildman–Crippen LogP) is 2.53. The third-order valence-electron chi connectivity index (χ3n) is 5.07. The van der Waals surface area contributed by atoms with Gasteiger partial charge in [0.2, 0.25) is 5.91 Å². The summed E-state index contributed by atoms with van der Waals surface area (Å²) in [6.45, 7) is 5.48. The molecule has 1 saturated heterocycles. The van der Waals surface area contributed by atoms with E-state index >= 15 is 0 Å². The summed E-state index contributed by atoms with van der Waals surface area (Å²) in [5, 5.41) is 2.94. The van der Waals surface area contributed by atoms with Gasteiger partial charge >= 0.3 is 0 Å². The van der Waals surface area contributed by atoms with Gasteiger partial charge < -0.3 is 10.2 Å². The maximum absolute atomic E-state index is 12.6. The van der Waals surface area contributed by atoms with E-state index in [0.717, 1.165) is 49.0 Å². The lowest BCUT2D eigenvalue weighted by molar-refractivity contribution is -0.120. The van der Waals surface area contributed by atoms with E-state index in [1.807, 2.05) is 42.8 Å². The first-order valence-electron chi connectivity index (χ1n) is 9.41. The molecule has 0 bridgehead atoms. The Hall–Kier alpha value is -3.29. The summed E-state index contributed by atoms with van der Waals surface area (Å²) in [4.78, 5) is 32.0. The lowest BCUT2D eigenvalue weighted by Gasteiger charge is -2.32. The lowest BCUT2D eigenvalue weighted by atomic mass is 9.96. The van der Waals surface area contributed by atoms with E-state index in [1.54, 1.807) is 18.7 Å². The summed E-state index contributed by atoms with van der Waals surface area (Å²) in [7, 11) is 0. The number of carbonyl (C=O) groups excluding carboxylic acids is 1. The monoisotopic (exact) mass is 377 g/mol. The summed E-state index contributed by atoms with van der Waals surface area (Å²) in [6, 6.07) is 5.76. The van der Waals surface area contributed by atoms with Gasteiger partial charge in [-0.05, 0) is 44.4 Å². The Morgan fingerprint density at radius 3 is 2.54 bits per heavy atom. The number of rotatable bonds is 4. The Morgan fingerprint density at radius 1 is 1.04 bits per heavy atom. The van der Waals surface area contributed by atoms with Crippen molar-refractivity contribution in [3.63, 3.8) is 0 Å². The average molecular weight is 377 g/mol. The third-order valence-corrected chi connectivity index (χ3v) is 5.07. The van der Waals surface area contributed by atoms with Crippen molar-refractivity contribution in [1.29, 1.82) is 0 Å². The van der Waals surface area contributed by atoms with E-state index < -0.39 is 0 Å². The van der Waals surface area contributed by atoms with E-state index in [2.05, 4.69) is 30.2 Å². The highest BCUT2D eigenvalue weighted by Crippen LogP contribution is 2.24. The number of pyridine rings is 1. The minimum absolute atomic E-state index is 0.0178. The highest BCUT2D eigenvalue weighted by molar-refractivity contribution is 5.91. The molecular weight excluding hydrogens is 354 g/mol. The van der Waals surface area contributed by atoms with Crippen LogP contribution in [-0.4, -0.2) is 43.5 Å². The second kappa shape index (κ2) is 7.75. The molecule has 0 saturated carbocycles. The van der Waals surface area contributed by atoms with Gasteiger partial charge in [-0.1, -0.05) is 0 Å². The fourth-order valence-electron chi connectivity index (χ4n) is 3.47. The first-order chi connectivity index (χ1) is 13.6. The van der Waals surface area contributed by atoms with Gasteiger partial charge in [0.1, 0.15) is 29.6 Å². The van der Waals surface area contributed by atoms with Crippen molar-refractivity contribution in [3.8, 4) is 5.82 Å². The van der Waals surface area contributed by atoms with Crippen LogP contribution in [-0.2, 0) is 4.79 Å². The van der Waals surface area contributed by atoms with Crippen molar-refractivity contribution >= 4 is 17.5 Å². The number of piperidine rings is 1. The molecule has 1 aliphatic rings. The average Bonchev–Trinajstić information content (AvgIpc) is 3.14. The van der Waals surface area contributed by atoms with Crippen LogP contribution >= 0.6 is 0 Å². The van der Waals surface area contributed by atoms with Gasteiger partial charge in [-0.2, -0.15) is 0 Å². The Morgan fingerprint density at radius 2 is 1.82 bits per heavy atom. The number of aromatic nitrogens is 5. The molecule has 3 aromatic heterocycles. The molecule has 0 radical (unpaired) electrons. The van der Waals surface area contributed by atoms with Crippen molar-refractivity contribution in [2.45, 2.75) is 26.7 Å². The summed E-state index contributed by atoms with van der Waals surface area (Å²) in [6.07, 6.45) is 8.48. The van der Waals surface area contributed by atoms with Gasteiger partial charge in [0.15, 0.2) is 0 Å². The Kier molecular flexibility index (Phi) is 5.01. The molecule has 0 unspecified atom stereocenters. The van der Waals surface area contributed by atoms with Crippen molar-refractivity contribution in [1.82, 2.24) is 24.5 Å². The summed E-state index contributed by atoms with van der Waals surface area (Å²) in [5.74, 6) is 3.18. The molecule has 4 heterocycles. The number of nitrogens with one attached hydrogen (secondary N) is 1. The Labute approximate surface area is 163 Å². The van der Waals surface area contributed by atoms with Crippen LogP contribution in [0.15, 0.2) is 43.1 Å².